The van der Waals surface area contributed by atoms with E-state index < -0.39 is 0 Å². The molecule has 0 aromatic rings. The Kier molecular flexibility index (Phi) is 5.62. The molecule has 0 heteroatoms. The molecule has 11 heavy (non-hydrogen) atoms. The first-order valence-corrected chi connectivity index (χ1v) is 4.89. The van der Waals surface area contributed by atoms with Crippen molar-refractivity contribution in [2.24, 2.45) is 11.8 Å². The number of hydrogen-bond acceptors (Lipinski definition) is 0. The van der Waals surface area contributed by atoms with Crippen molar-refractivity contribution in [3.8, 4) is 0 Å². The molecule has 0 spiro atoms. The van der Waals surface area contributed by atoms with Crippen molar-refractivity contribution in [3.63, 3.8) is 0 Å². The molecule has 0 rings (SSSR count). The van der Waals surface area contributed by atoms with Crippen LogP contribution in [0.15, 0.2) is 0 Å². The van der Waals surface area contributed by atoms with Gasteiger partial charge in [0.1, 0.15) is 0 Å². The van der Waals surface area contributed by atoms with E-state index in [0.29, 0.717) is 0 Å². The van der Waals surface area contributed by atoms with E-state index in [4.69, 9.17) is 0 Å². The Bertz CT molecular complexity index is 84.0. The van der Waals surface area contributed by atoms with Gasteiger partial charge < -0.3 is 0 Å². The average Bonchev–Trinajstić information content (AvgIpc) is 1.87. The molecule has 67 valence electrons. The monoisotopic (exact) mass is 155 g/mol. The summed E-state index contributed by atoms with van der Waals surface area (Å²) >= 11 is 0. The highest BCUT2D eigenvalue weighted by Crippen LogP contribution is 2.23. The van der Waals surface area contributed by atoms with Gasteiger partial charge in [0.05, 0.1) is 0 Å². The van der Waals surface area contributed by atoms with Gasteiger partial charge in [0.15, 0.2) is 0 Å². The molecule has 1 atom stereocenters. The highest BCUT2D eigenvalue weighted by atomic mass is 14.2. The second-order valence-electron chi connectivity index (χ2n) is 4.13. The molecule has 0 N–H and O–H groups in total. The molecule has 0 saturated heterocycles. The summed E-state index contributed by atoms with van der Waals surface area (Å²) in [6.45, 7) is 11.5. The zero-order valence-electron chi connectivity index (χ0n) is 8.78. The van der Waals surface area contributed by atoms with E-state index in [1.165, 1.54) is 19.3 Å². The van der Waals surface area contributed by atoms with Crippen molar-refractivity contribution >= 4 is 0 Å². The largest absolute Gasteiger partial charge is 0.0654 e. The second-order valence-corrected chi connectivity index (χ2v) is 4.13. The Labute approximate surface area is 72.4 Å². The third kappa shape index (κ3) is 5.29. The molecule has 1 radical (unpaired) electrons. The van der Waals surface area contributed by atoms with Crippen molar-refractivity contribution < 1.29 is 0 Å². The fourth-order valence-corrected chi connectivity index (χ4v) is 1.31. The van der Waals surface area contributed by atoms with E-state index in [1.54, 1.807) is 5.92 Å². The van der Waals surface area contributed by atoms with Crippen molar-refractivity contribution in [2.45, 2.75) is 53.9 Å². The molecule has 0 aliphatic rings. The summed E-state index contributed by atoms with van der Waals surface area (Å²) in [4.78, 5) is 0. The Morgan fingerprint density at radius 2 is 1.73 bits per heavy atom. The third-order valence-electron chi connectivity index (χ3n) is 2.49. The van der Waals surface area contributed by atoms with Crippen LogP contribution in [-0.2, 0) is 0 Å². The van der Waals surface area contributed by atoms with Crippen LogP contribution in [0.25, 0.3) is 0 Å². The van der Waals surface area contributed by atoms with Crippen molar-refractivity contribution in [2.75, 3.05) is 0 Å². The molecule has 0 aliphatic carbocycles. The maximum absolute atomic E-state index is 2.35. The van der Waals surface area contributed by atoms with Crippen LogP contribution in [-0.4, -0.2) is 0 Å². The van der Waals surface area contributed by atoms with E-state index in [0.717, 1.165) is 11.8 Å². The number of rotatable bonds is 5. The van der Waals surface area contributed by atoms with Gasteiger partial charge in [0.2, 0.25) is 0 Å². The minimum atomic E-state index is 0.835. The minimum absolute atomic E-state index is 0.835. The molecule has 0 aromatic heterocycles. The summed E-state index contributed by atoms with van der Waals surface area (Å²) in [5, 5.41) is 0. The summed E-state index contributed by atoms with van der Waals surface area (Å²) in [7, 11) is 0. The van der Waals surface area contributed by atoms with Crippen LogP contribution < -0.4 is 0 Å². The van der Waals surface area contributed by atoms with Gasteiger partial charge in [-0.1, -0.05) is 41.0 Å². The van der Waals surface area contributed by atoms with Gasteiger partial charge >= 0.3 is 0 Å². The van der Waals surface area contributed by atoms with E-state index in [9.17, 15) is 0 Å². The smallest absolute Gasteiger partial charge is 0.0269 e. The predicted molar refractivity (Wildman–Crippen MR) is 52.4 cm³/mol. The highest BCUT2D eigenvalue weighted by molar-refractivity contribution is 4.85. The first-order valence-electron chi connectivity index (χ1n) is 4.89. The van der Waals surface area contributed by atoms with Crippen molar-refractivity contribution in [3.05, 3.63) is 5.92 Å². The Balaban J connectivity index is 3.48. The van der Waals surface area contributed by atoms with Gasteiger partial charge in [0.25, 0.3) is 0 Å². The van der Waals surface area contributed by atoms with Crippen LogP contribution in [0.2, 0.25) is 0 Å². The van der Waals surface area contributed by atoms with E-state index in [2.05, 4.69) is 34.6 Å². The Morgan fingerprint density at radius 1 is 1.18 bits per heavy atom. The van der Waals surface area contributed by atoms with Gasteiger partial charge in [-0.15, -0.1) is 0 Å². The predicted octanol–water partition coefficient (Wildman–Crippen LogP) is 4.06. The second kappa shape index (κ2) is 5.62. The van der Waals surface area contributed by atoms with Crippen LogP contribution in [0.3, 0.4) is 0 Å². The lowest BCUT2D eigenvalue weighted by atomic mass is 9.87. The fourth-order valence-electron chi connectivity index (χ4n) is 1.31. The Morgan fingerprint density at radius 3 is 2.09 bits per heavy atom. The standard InChI is InChI=1S/C11H23/c1-6-7-10(4)8-11(5)9(2)3/h9,11H,6-8H2,1-5H3. The summed E-state index contributed by atoms with van der Waals surface area (Å²) in [6.07, 6.45) is 3.94. The van der Waals surface area contributed by atoms with Crippen LogP contribution in [0.1, 0.15) is 53.9 Å². The zero-order chi connectivity index (χ0) is 8.85. The lowest BCUT2D eigenvalue weighted by molar-refractivity contribution is 0.392. The van der Waals surface area contributed by atoms with Gasteiger partial charge in [0, 0.05) is 0 Å². The SMILES string of the molecule is CCC[C](C)CC(C)C(C)C. The van der Waals surface area contributed by atoms with Gasteiger partial charge in [-0.3, -0.25) is 0 Å². The highest BCUT2D eigenvalue weighted by Gasteiger charge is 2.11. The fraction of sp³-hybridized carbons (Fsp3) is 0.909. The maximum Gasteiger partial charge on any atom is -0.0269 e. The van der Waals surface area contributed by atoms with Crippen molar-refractivity contribution in [1.82, 2.24) is 0 Å². The van der Waals surface area contributed by atoms with Crippen LogP contribution >= 0.6 is 0 Å². The summed E-state index contributed by atoms with van der Waals surface area (Å²) < 4.78 is 0. The molecular formula is C11H23. The minimum Gasteiger partial charge on any atom is -0.0654 e. The molecule has 0 nitrogen and oxygen atoms in total. The molecule has 0 aromatic carbocycles. The third-order valence-corrected chi connectivity index (χ3v) is 2.49. The molecule has 1 unspecified atom stereocenters. The summed E-state index contributed by atoms with van der Waals surface area (Å²) in [5.41, 5.74) is 0. The maximum atomic E-state index is 2.35. The molecule has 0 saturated carbocycles. The first kappa shape index (κ1) is 11.0. The topological polar surface area (TPSA) is 0 Å². The van der Waals surface area contributed by atoms with E-state index >= 15 is 0 Å². The lowest BCUT2D eigenvalue weighted by Crippen LogP contribution is -2.07. The van der Waals surface area contributed by atoms with Gasteiger partial charge in [-0.05, 0) is 30.6 Å². The molecular weight excluding hydrogens is 132 g/mol. The molecule has 0 aliphatic heterocycles. The summed E-state index contributed by atoms with van der Waals surface area (Å²) in [5.74, 6) is 3.37. The average molecular weight is 155 g/mol. The molecule has 0 heterocycles. The molecule has 0 bridgehead atoms. The van der Waals surface area contributed by atoms with Gasteiger partial charge in [-0.25, -0.2) is 0 Å². The van der Waals surface area contributed by atoms with Gasteiger partial charge in [-0.2, -0.15) is 0 Å². The lowest BCUT2D eigenvalue weighted by Gasteiger charge is -2.19. The molecule has 0 amide bonds. The summed E-state index contributed by atoms with van der Waals surface area (Å²) in [6, 6.07) is 0. The molecule has 0 fully saturated rings. The van der Waals surface area contributed by atoms with E-state index in [1.807, 2.05) is 0 Å². The normalized spacial score (nSPS) is 14.5. The Hall–Kier alpha value is 0. The van der Waals surface area contributed by atoms with Crippen LogP contribution in [0, 0.1) is 17.8 Å². The van der Waals surface area contributed by atoms with Crippen LogP contribution in [0.4, 0.5) is 0 Å². The zero-order valence-corrected chi connectivity index (χ0v) is 8.78. The van der Waals surface area contributed by atoms with Crippen molar-refractivity contribution in [1.29, 1.82) is 0 Å². The van der Waals surface area contributed by atoms with E-state index in [-0.39, 0.29) is 0 Å². The first-order chi connectivity index (χ1) is 5.07. The van der Waals surface area contributed by atoms with Crippen LogP contribution in [0.5, 0.6) is 0 Å². The quantitative estimate of drug-likeness (QED) is 0.561. The number of hydrogen-bond donors (Lipinski definition) is 0.